The Kier molecular flexibility index (Phi) is 7.33. The summed E-state index contributed by atoms with van der Waals surface area (Å²) in [6, 6.07) is 3.70. The van der Waals surface area contributed by atoms with Crippen molar-refractivity contribution < 1.29 is 52.7 Å². The molecule has 43 heavy (non-hydrogen) atoms. The minimum Gasteiger partial charge on any atom is -0.372 e. The van der Waals surface area contributed by atoms with Crippen LogP contribution in [0.1, 0.15) is 49.7 Å². The summed E-state index contributed by atoms with van der Waals surface area (Å²) in [6.45, 7) is -0.763. The third-order valence-corrected chi connectivity index (χ3v) is 11.5. The summed E-state index contributed by atoms with van der Waals surface area (Å²) in [5, 5.41) is 0. The number of amides is 1. The van der Waals surface area contributed by atoms with Gasteiger partial charge in [0.05, 0.1) is 10.9 Å². The van der Waals surface area contributed by atoms with E-state index in [2.05, 4.69) is 0 Å². The van der Waals surface area contributed by atoms with Gasteiger partial charge in [0.1, 0.15) is 10.6 Å². The van der Waals surface area contributed by atoms with Crippen molar-refractivity contribution in [2.45, 2.75) is 77.9 Å². The van der Waals surface area contributed by atoms with Crippen molar-refractivity contribution in [3.63, 3.8) is 0 Å². The molecule has 1 amide bonds. The number of halogens is 9. The number of likely N-dealkylation sites (tertiary alicyclic amines) is 1. The normalized spacial score (nSPS) is 24.5. The van der Waals surface area contributed by atoms with Gasteiger partial charge in [-0.2, -0.15) is 26.3 Å². The molecule has 0 aromatic heterocycles. The van der Waals surface area contributed by atoms with E-state index in [0.29, 0.717) is 37.5 Å². The van der Waals surface area contributed by atoms with Crippen molar-refractivity contribution in [2.24, 2.45) is 0 Å². The van der Waals surface area contributed by atoms with Crippen LogP contribution < -0.4 is 4.90 Å². The molecule has 1 aliphatic carbocycles. The topological polar surface area (TPSA) is 57.7 Å². The summed E-state index contributed by atoms with van der Waals surface area (Å²) in [7, 11) is -3.53. The average Bonchev–Trinajstić information content (AvgIpc) is 3.32. The molecule has 2 aliphatic heterocycles. The molecule has 5 nitrogen and oxygen atoms in total. The fraction of sp³-hybridized carbons (Fsp3) is 0.536. The first-order valence-electron chi connectivity index (χ1n) is 13.5. The van der Waals surface area contributed by atoms with Gasteiger partial charge < -0.3 is 9.80 Å². The zero-order valence-electron chi connectivity index (χ0n) is 22.7. The van der Waals surface area contributed by atoms with Crippen LogP contribution in [-0.2, 0) is 25.0 Å². The smallest absolute Gasteiger partial charge is 0.372 e. The van der Waals surface area contributed by atoms with Gasteiger partial charge in [0.2, 0.25) is 0 Å². The molecule has 0 spiro atoms. The number of alkyl halides is 8. The summed E-state index contributed by atoms with van der Waals surface area (Å²) in [4.78, 5) is 15.3. The van der Waals surface area contributed by atoms with E-state index in [-0.39, 0.29) is 31.0 Å². The second-order valence-electron chi connectivity index (χ2n) is 11.4. The van der Waals surface area contributed by atoms with Gasteiger partial charge in [0.15, 0.2) is 15.5 Å². The Bertz CT molecular complexity index is 1520. The number of benzene rings is 2. The van der Waals surface area contributed by atoms with Gasteiger partial charge in [-0.15, -0.1) is 0 Å². The summed E-state index contributed by atoms with van der Waals surface area (Å²) in [5.74, 6) is -1.90. The number of likely N-dealkylation sites (N-methyl/N-ethyl adjacent to an activating group) is 1. The Morgan fingerprint density at radius 1 is 0.907 bits per heavy atom. The third-order valence-electron chi connectivity index (χ3n) is 9.01. The maximum absolute atomic E-state index is 15.9. The number of nitrogens with zero attached hydrogens (tertiary/aromatic N) is 2. The number of sulfone groups is 1. The predicted molar refractivity (Wildman–Crippen MR) is 137 cm³/mol. The van der Waals surface area contributed by atoms with Gasteiger partial charge >= 0.3 is 18.0 Å². The molecular formula is C28H27F9N2O3S. The number of carbonyl (C=O) groups excluding carboxylic acids is 1. The van der Waals surface area contributed by atoms with E-state index in [0.717, 1.165) is 28.0 Å². The minimum atomic E-state index is -6.41. The lowest BCUT2D eigenvalue weighted by Gasteiger charge is -2.47. The number of fused-ring (bicyclic) bond motifs is 3. The largest absolute Gasteiger partial charge is 0.435 e. The molecule has 0 N–H and O–H groups in total. The highest BCUT2D eigenvalue weighted by atomic mass is 32.2. The Morgan fingerprint density at radius 2 is 1.53 bits per heavy atom. The molecule has 236 valence electrons. The highest BCUT2D eigenvalue weighted by Crippen LogP contribution is 2.58. The van der Waals surface area contributed by atoms with Crippen molar-refractivity contribution in [2.75, 3.05) is 25.0 Å². The van der Waals surface area contributed by atoms with E-state index in [1.165, 1.54) is 7.05 Å². The predicted octanol–water partition coefficient (Wildman–Crippen LogP) is 6.51. The lowest BCUT2D eigenvalue weighted by molar-refractivity contribution is -0.348. The zero-order valence-corrected chi connectivity index (χ0v) is 23.5. The molecule has 15 heteroatoms. The number of anilines is 1. The maximum atomic E-state index is 15.9. The van der Waals surface area contributed by atoms with Gasteiger partial charge in [-0.25, -0.2) is 21.6 Å². The van der Waals surface area contributed by atoms with E-state index >= 15 is 8.78 Å². The first-order valence-corrected chi connectivity index (χ1v) is 15.0. The molecule has 1 saturated heterocycles. The monoisotopic (exact) mass is 642 g/mol. The molecule has 2 heterocycles. The Labute approximate surface area is 241 Å². The van der Waals surface area contributed by atoms with Crippen molar-refractivity contribution in [1.29, 1.82) is 0 Å². The molecular weight excluding hydrogens is 615 g/mol. The van der Waals surface area contributed by atoms with Gasteiger partial charge in [-0.05, 0) is 61.9 Å². The third kappa shape index (κ3) is 4.50. The van der Waals surface area contributed by atoms with E-state index in [9.17, 15) is 43.9 Å². The van der Waals surface area contributed by atoms with Crippen LogP contribution in [0, 0.1) is 5.82 Å². The molecule has 2 fully saturated rings. The minimum absolute atomic E-state index is 0.0953. The first kappa shape index (κ1) is 31.5. The van der Waals surface area contributed by atoms with Crippen LogP contribution >= 0.6 is 0 Å². The Hall–Kier alpha value is -2.97. The summed E-state index contributed by atoms with van der Waals surface area (Å²) >= 11 is 0. The molecule has 2 aromatic carbocycles. The number of carbonyl (C=O) groups is 1. The van der Waals surface area contributed by atoms with Crippen LogP contribution in [-0.4, -0.2) is 63.4 Å². The highest BCUT2D eigenvalue weighted by molar-refractivity contribution is 7.92. The van der Waals surface area contributed by atoms with Crippen LogP contribution in [0.15, 0.2) is 47.4 Å². The molecule has 0 bridgehead atoms. The molecule has 2 aromatic rings. The van der Waals surface area contributed by atoms with Gasteiger partial charge in [0, 0.05) is 31.4 Å². The van der Waals surface area contributed by atoms with Crippen LogP contribution in [0.3, 0.4) is 0 Å². The molecule has 0 radical (unpaired) electrons. The average molecular weight is 643 g/mol. The van der Waals surface area contributed by atoms with Crippen LogP contribution in [0.2, 0.25) is 0 Å². The number of rotatable bonds is 4. The van der Waals surface area contributed by atoms with E-state index in [1.54, 1.807) is 0 Å². The fourth-order valence-corrected chi connectivity index (χ4v) is 9.14. The second-order valence-corrected chi connectivity index (χ2v) is 13.6. The van der Waals surface area contributed by atoms with Gasteiger partial charge in [-0.3, -0.25) is 4.79 Å². The van der Waals surface area contributed by atoms with Crippen molar-refractivity contribution >= 4 is 21.4 Å². The quantitative estimate of drug-likeness (QED) is 0.357. The van der Waals surface area contributed by atoms with Gasteiger partial charge in [0.25, 0.3) is 5.91 Å². The van der Waals surface area contributed by atoms with Crippen molar-refractivity contribution in [1.82, 2.24) is 4.90 Å². The first-order chi connectivity index (χ1) is 19.8. The Morgan fingerprint density at radius 3 is 2.12 bits per heavy atom. The Balaban J connectivity index is 1.73. The maximum Gasteiger partial charge on any atom is 0.435 e. The molecule has 3 aliphatic rings. The summed E-state index contributed by atoms with van der Waals surface area (Å²) in [5.41, 5.74) is -10.6. The van der Waals surface area contributed by atoms with E-state index in [4.69, 9.17) is 0 Å². The number of hydrogen-bond acceptors (Lipinski definition) is 4. The standard InChI is InChI=1S/C28H27F9N2O3S/c1-38-16-22-25(43(41,42)19-7-5-6-18(29)15-19,12-13-39(22)23(40)24(30)10-3-2-4-11-24)20-9-8-17(14-21(20)38)26(31,27(32,33)34)28(35,36)37/h5-9,14-15,22H,2-4,10-13,16H2,1H3. The second kappa shape index (κ2) is 10.0. The van der Waals surface area contributed by atoms with Crippen molar-refractivity contribution in [3.8, 4) is 0 Å². The summed E-state index contributed by atoms with van der Waals surface area (Å²) in [6.07, 6.45) is -11.9. The lowest BCUT2D eigenvalue weighted by atomic mass is 9.81. The molecule has 5 rings (SSSR count). The SMILES string of the molecule is CN1CC2N(C(=O)C3(F)CCCCC3)CCC2(S(=O)(=O)c2cccc(F)c2)c2ccc(C(F)(C(F)(F)F)C(F)(F)F)cc21. The van der Waals surface area contributed by atoms with Crippen molar-refractivity contribution in [3.05, 3.63) is 59.4 Å². The van der Waals surface area contributed by atoms with Gasteiger partial charge in [-0.1, -0.05) is 24.6 Å². The fourth-order valence-electron chi connectivity index (χ4n) is 6.82. The lowest BCUT2D eigenvalue weighted by Crippen LogP contribution is -2.60. The molecule has 2 unspecified atom stereocenters. The molecule has 1 saturated carbocycles. The molecule has 2 atom stereocenters. The van der Waals surface area contributed by atoms with Crippen LogP contribution in [0.25, 0.3) is 0 Å². The summed E-state index contributed by atoms with van der Waals surface area (Å²) < 4.78 is 153. The van der Waals surface area contributed by atoms with E-state index in [1.807, 2.05) is 0 Å². The number of hydrogen-bond donors (Lipinski definition) is 0. The van der Waals surface area contributed by atoms with Crippen LogP contribution in [0.5, 0.6) is 0 Å². The van der Waals surface area contributed by atoms with Crippen LogP contribution in [0.4, 0.5) is 45.2 Å². The zero-order chi connectivity index (χ0) is 31.8. The highest BCUT2D eigenvalue weighted by Gasteiger charge is 2.74. The van der Waals surface area contributed by atoms with E-state index < -0.39 is 85.2 Å².